The van der Waals surface area contributed by atoms with E-state index in [1.54, 1.807) is 18.2 Å². The van der Waals surface area contributed by atoms with Crippen molar-refractivity contribution in [2.75, 3.05) is 18.8 Å². The average Bonchev–Trinajstić information content (AvgIpc) is 2.33. The molecule has 94 valence electrons. The minimum Gasteiger partial charge on any atom is -0.398 e. The first-order chi connectivity index (χ1) is 8.11. The zero-order chi connectivity index (χ0) is 12.8. The monoisotopic (exact) mass is 298 g/mol. The summed E-state index contributed by atoms with van der Waals surface area (Å²) in [6, 6.07) is 5.39. The van der Waals surface area contributed by atoms with Gasteiger partial charge in [-0.2, -0.15) is 0 Å². The summed E-state index contributed by atoms with van der Waals surface area (Å²) in [6.07, 6.45) is 2.11. The third-order valence-corrected chi connectivity index (χ3v) is 3.59. The van der Waals surface area contributed by atoms with Crippen molar-refractivity contribution < 1.29 is 4.79 Å². The van der Waals surface area contributed by atoms with Gasteiger partial charge >= 0.3 is 0 Å². The minimum atomic E-state index is 0.0418. The van der Waals surface area contributed by atoms with Crippen molar-refractivity contribution in [2.24, 2.45) is 0 Å². The van der Waals surface area contributed by atoms with Gasteiger partial charge in [-0.1, -0.05) is 19.4 Å². The van der Waals surface area contributed by atoms with E-state index in [1.807, 2.05) is 11.8 Å². The van der Waals surface area contributed by atoms with Crippen molar-refractivity contribution >= 4 is 27.5 Å². The second-order valence-electron chi connectivity index (χ2n) is 3.95. The van der Waals surface area contributed by atoms with Gasteiger partial charge < -0.3 is 10.6 Å². The Hall–Kier alpha value is -1.03. The van der Waals surface area contributed by atoms with Gasteiger partial charge in [-0.15, -0.1) is 0 Å². The molecule has 1 aromatic rings. The second kappa shape index (κ2) is 6.64. The van der Waals surface area contributed by atoms with Crippen molar-refractivity contribution in [1.29, 1.82) is 0 Å². The molecule has 1 amide bonds. The van der Waals surface area contributed by atoms with Gasteiger partial charge in [0.05, 0.1) is 10.0 Å². The first-order valence-corrected chi connectivity index (χ1v) is 6.74. The maximum absolute atomic E-state index is 12.3. The van der Waals surface area contributed by atoms with Crippen molar-refractivity contribution in [3.63, 3.8) is 0 Å². The van der Waals surface area contributed by atoms with Crippen LogP contribution in [0.1, 0.15) is 37.0 Å². The van der Waals surface area contributed by atoms with Crippen molar-refractivity contribution in [3.05, 3.63) is 28.2 Å². The summed E-state index contributed by atoms with van der Waals surface area (Å²) >= 11 is 3.37. The largest absolute Gasteiger partial charge is 0.398 e. The minimum absolute atomic E-state index is 0.0418. The molecule has 2 N–H and O–H groups in total. The van der Waals surface area contributed by atoms with Crippen molar-refractivity contribution in [3.8, 4) is 0 Å². The van der Waals surface area contributed by atoms with E-state index in [0.717, 1.165) is 25.9 Å². The quantitative estimate of drug-likeness (QED) is 0.848. The number of unbranched alkanes of at least 4 members (excludes halogenated alkanes) is 1. The zero-order valence-corrected chi connectivity index (χ0v) is 12.0. The number of hydrogen-bond acceptors (Lipinski definition) is 2. The molecule has 0 aliphatic carbocycles. The number of amides is 1. The van der Waals surface area contributed by atoms with Gasteiger partial charge in [0.25, 0.3) is 5.91 Å². The summed E-state index contributed by atoms with van der Waals surface area (Å²) in [6.45, 7) is 5.63. The molecule has 0 heterocycles. The van der Waals surface area contributed by atoms with E-state index in [2.05, 4.69) is 22.9 Å². The summed E-state index contributed by atoms with van der Waals surface area (Å²) < 4.78 is 0.694. The van der Waals surface area contributed by atoms with E-state index in [0.29, 0.717) is 15.7 Å². The number of nitrogens with two attached hydrogens (primary N) is 1. The number of nitrogen functional groups attached to an aromatic ring is 1. The van der Waals surface area contributed by atoms with E-state index < -0.39 is 0 Å². The number of hydrogen-bond donors (Lipinski definition) is 1. The summed E-state index contributed by atoms with van der Waals surface area (Å²) in [4.78, 5) is 14.1. The van der Waals surface area contributed by atoms with Crippen LogP contribution in [-0.4, -0.2) is 23.9 Å². The molecule has 0 aromatic heterocycles. The molecule has 1 aromatic carbocycles. The van der Waals surface area contributed by atoms with Crippen LogP contribution in [0.4, 0.5) is 5.69 Å². The lowest BCUT2D eigenvalue weighted by Crippen LogP contribution is -2.32. The predicted octanol–water partition coefficient (Wildman–Crippen LogP) is 3.29. The van der Waals surface area contributed by atoms with Crippen LogP contribution < -0.4 is 5.73 Å². The Morgan fingerprint density at radius 2 is 2.12 bits per heavy atom. The van der Waals surface area contributed by atoms with Gasteiger partial charge in [0.2, 0.25) is 0 Å². The fourth-order valence-corrected chi connectivity index (χ4v) is 2.07. The summed E-state index contributed by atoms with van der Waals surface area (Å²) in [5, 5.41) is 0. The standard InChI is InChI=1S/C13H19BrN2O/c1-3-5-9-16(4-2)13(17)10-7-6-8-11(15)12(10)14/h6-8H,3-5,9,15H2,1-2H3. The SMILES string of the molecule is CCCCN(CC)C(=O)c1cccc(N)c1Br. The lowest BCUT2D eigenvalue weighted by molar-refractivity contribution is 0.0761. The smallest absolute Gasteiger partial charge is 0.255 e. The van der Waals surface area contributed by atoms with Crippen LogP contribution in [0, 0.1) is 0 Å². The summed E-state index contributed by atoms with van der Waals surface area (Å²) in [5.74, 6) is 0.0418. The number of nitrogens with zero attached hydrogens (tertiary/aromatic N) is 1. The molecule has 0 saturated heterocycles. The van der Waals surface area contributed by atoms with Gasteiger partial charge in [0.1, 0.15) is 0 Å². The van der Waals surface area contributed by atoms with E-state index in [1.165, 1.54) is 0 Å². The number of benzene rings is 1. The predicted molar refractivity (Wildman–Crippen MR) is 75.0 cm³/mol. The fraction of sp³-hybridized carbons (Fsp3) is 0.462. The van der Waals surface area contributed by atoms with Crippen LogP contribution in [0.3, 0.4) is 0 Å². The van der Waals surface area contributed by atoms with Crippen molar-refractivity contribution in [1.82, 2.24) is 4.90 Å². The molecule has 4 heteroatoms. The van der Waals surface area contributed by atoms with E-state index in [9.17, 15) is 4.79 Å². The van der Waals surface area contributed by atoms with Gasteiger partial charge in [-0.25, -0.2) is 0 Å². The molecule has 0 spiro atoms. The molecule has 0 aliphatic rings. The maximum Gasteiger partial charge on any atom is 0.255 e. The zero-order valence-electron chi connectivity index (χ0n) is 10.4. The second-order valence-corrected chi connectivity index (χ2v) is 4.74. The highest BCUT2D eigenvalue weighted by atomic mass is 79.9. The molecule has 0 saturated carbocycles. The molecule has 0 aliphatic heterocycles. The molecule has 1 rings (SSSR count). The number of anilines is 1. The van der Waals surface area contributed by atoms with Crippen LogP contribution in [0.2, 0.25) is 0 Å². The fourth-order valence-electron chi connectivity index (χ4n) is 1.64. The Bertz CT molecular complexity index is 393. The maximum atomic E-state index is 12.3. The van der Waals surface area contributed by atoms with Crippen LogP contribution >= 0.6 is 15.9 Å². The third-order valence-electron chi connectivity index (χ3n) is 2.71. The first kappa shape index (κ1) is 14.0. The topological polar surface area (TPSA) is 46.3 Å². The van der Waals surface area contributed by atoms with E-state index >= 15 is 0 Å². The number of carbonyl (C=O) groups is 1. The van der Waals surface area contributed by atoms with Crippen LogP contribution in [0.25, 0.3) is 0 Å². The average molecular weight is 299 g/mol. The highest BCUT2D eigenvalue weighted by Crippen LogP contribution is 2.25. The molecule has 0 atom stereocenters. The Kier molecular flexibility index (Phi) is 5.48. The highest BCUT2D eigenvalue weighted by molar-refractivity contribution is 9.10. The molecule has 3 nitrogen and oxygen atoms in total. The molecular weight excluding hydrogens is 280 g/mol. The number of halogens is 1. The summed E-state index contributed by atoms with van der Waals surface area (Å²) in [7, 11) is 0. The third kappa shape index (κ3) is 3.46. The molecular formula is C13H19BrN2O. The normalized spacial score (nSPS) is 10.3. The Balaban J connectivity index is 2.90. The molecule has 0 fully saturated rings. The molecule has 0 unspecified atom stereocenters. The van der Waals surface area contributed by atoms with Crippen molar-refractivity contribution in [2.45, 2.75) is 26.7 Å². The van der Waals surface area contributed by atoms with Crippen LogP contribution in [0.15, 0.2) is 22.7 Å². The lowest BCUT2D eigenvalue weighted by atomic mass is 10.1. The Morgan fingerprint density at radius 3 is 2.71 bits per heavy atom. The number of rotatable bonds is 5. The van der Waals surface area contributed by atoms with Crippen LogP contribution in [0.5, 0.6) is 0 Å². The molecule has 0 bridgehead atoms. The highest BCUT2D eigenvalue weighted by Gasteiger charge is 2.17. The van der Waals surface area contributed by atoms with E-state index in [-0.39, 0.29) is 5.91 Å². The number of carbonyl (C=O) groups excluding carboxylic acids is 1. The lowest BCUT2D eigenvalue weighted by Gasteiger charge is -2.21. The van der Waals surface area contributed by atoms with Gasteiger partial charge in [-0.05, 0) is 41.4 Å². The Morgan fingerprint density at radius 1 is 1.41 bits per heavy atom. The summed E-state index contributed by atoms with van der Waals surface area (Å²) in [5.41, 5.74) is 7.02. The van der Waals surface area contributed by atoms with Gasteiger partial charge in [0, 0.05) is 18.8 Å². The van der Waals surface area contributed by atoms with E-state index in [4.69, 9.17) is 5.73 Å². The molecule has 17 heavy (non-hydrogen) atoms. The molecule has 0 radical (unpaired) electrons. The Labute approximate surface area is 111 Å². The van der Waals surface area contributed by atoms with Gasteiger partial charge in [0.15, 0.2) is 0 Å². The van der Waals surface area contributed by atoms with Gasteiger partial charge in [-0.3, -0.25) is 4.79 Å². The first-order valence-electron chi connectivity index (χ1n) is 5.95. The van der Waals surface area contributed by atoms with Crippen LogP contribution in [-0.2, 0) is 0 Å².